The zero-order valence-electron chi connectivity index (χ0n) is 36.9. The fourth-order valence-corrected chi connectivity index (χ4v) is 7.82. The fourth-order valence-electron chi connectivity index (χ4n) is 7.82. The van der Waals surface area contributed by atoms with Gasteiger partial charge in [-0.05, 0) is 38.5 Å². The Morgan fingerprint density at radius 1 is 0.436 bits per heavy atom. The second-order valence-electron chi connectivity index (χ2n) is 17.2. The average Bonchev–Trinajstić information content (AvgIpc) is 3.19. The van der Waals surface area contributed by atoms with Crippen LogP contribution in [0.5, 0.6) is 0 Å². The van der Waals surface area contributed by atoms with Gasteiger partial charge in [0.25, 0.3) is 0 Å². The maximum absolute atomic E-state index is 12.5. The molecule has 0 saturated heterocycles. The molecule has 0 fully saturated rings. The van der Waals surface area contributed by atoms with E-state index in [1.54, 1.807) is 0 Å². The van der Waals surface area contributed by atoms with Crippen LogP contribution in [-0.2, 0) is 4.79 Å². The molecular formula is C49H97NO5. The first-order chi connectivity index (χ1) is 27.0. The molecule has 0 aliphatic carbocycles. The van der Waals surface area contributed by atoms with Crippen LogP contribution in [0, 0.1) is 0 Å². The monoisotopic (exact) mass is 780 g/mol. The van der Waals surface area contributed by atoms with E-state index < -0.39 is 36.9 Å². The molecule has 55 heavy (non-hydrogen) atoms. The molecule has 0 radical (unpaired) electrons. The first kappa shape index (κ1) is 54.0. The molecule has 6 nitrogen and oxygen atoms in total. The van der Waals surface area contributed by atoms with Crippen molar-refractivity contribution in [2.75, 3.05) is 6.61 Å². The lowest BCUT2D eigenvalue weighted by atomic mass is 10.00. The van der Waals surface area contributed by atoms with Crippen LogP contribution in [0.2, 0.25) is 0 Å². The summed E-state index contributed by atoms with van der Waals surface area (Å²) in [5.74, 6) is -0.589. The molecular weight excluding hydrogens is 683 g/mol. The molecule has 0 bridgehead atoms. The summed E-state index contributed by atoms with van der Waals surface area (Å²) < 4.78 is 0. The third-order valence-corrected chi connectivity index (χ3v) is 11.7. The largest absolute Gasteiger partial charge is 0.394 e. The second-order valence-corrected chi connectivity index (χ2v) is 17.2. The third kappa shape index (κ3) is 38.3. The lowest BCUT2D eigenvalue weighted by molar-refractivity contribution is -0.132. The van der Waals surface area contributed by atoms with Gasteiger partial charge in [0.1, 0.15) is 12.2 Å². The van der Waals surface area contributed by atoms with Gasteiger partial charge in [-0.2, -0.15) is 0 Å². The van der Waals surface area contributed by atoms with Gasteiger partial charge in [0.2, 0.25) is 5.91 Å². The smallest absolute Gasteiger partial charge is 0.249 e. The van der Waals surface area contributed by atoms with Crippen LogP contribution in [-0.4, -0.2) is 57.3 Å². The molecule has 5 N–H and O–H groups in total. The summed E-state index contributed by atoms with van der Waals surface area (Å²) in [7, 11) is 0. The molecule has 0 aliphatic heterocycles. The van der Waals surface area contributed by atoms with Crippen LogP contribution < -0.4 is 5.32 Å². The van der Waals surface area contributed by atoms with Crippen LogP contribution in [0.4, 0.5) is 0 Å². The van der Waals surface area contributed by atoms with Crippen molar-refractivity contribution in [2.24, 2.45) is 0 Å². The summed E-state index contributed by atoms with van der Waals surface area (Å²) in [5, 5.41) is 43.8. The summed E-state index contributed by atoms with van der Waals surface area (Å²) in [6.45, 7) is 4.06. The number of hydrogen-bond acceptors (Lipinski definition) is 5. The van der Waals surface area contributed by atoms with E-state index in [2.05, 4.69) is 31.3 Å². The highest BCUT2D eigenvalue weighted by Gasteiger charge is 2.28. The van der Waals surface area contributed by atoms with E-state index in [1.165, 1.54) is 199 Å². The van der Waals surface area contributed by atoms with E-state index in [9.17, 15) is 25.2 Å². The minimum Gasteiger partial charge on any atom is -0.394 e. The lowest BCUT2D eigenvalue weighted by Crippen LogP contribution is -2.53. The van der Waals surface area contributed by atoms with Crippen LogP contribution in [0.3, 0.4) is 0 Å². The van der Waals surface area contributed by atoms with Crippen molar-refractivity contribution in [3.8, 4) is 0 Å². The molecule has 0 heterocycles. The molecule has 0 spiro atoms. The topological polar surface area (TPSA) is 110 Å². The highest BCUT2D eigenvalue weighted by atomic mass is 16.3. The summed E-state index contributed by atoms with van der Waals surface area (Å²) in [5.41, 5.74) is 0. The molecule has 328 valence electrons. The van der Waals surface area contributed by atoms with Crippen molar-refractivity contribution in [3.63, 3.8) is 0 Å². The van der Waals surface area contributed by atoms with Gasteiger partial charge in [0.15, 0.2) is 0 Å². The van der Waals surface area contributed by atoms with E-state index in [0.717, 1.165) is 38.5 Å². The Labute approximate surface area is 342 Å². The second kappa shape index (κ2) is 44.2. The number of nitrogens with one attached hydrogen (secondary N) is 1. The number of allylic oxidation sites excluding steroid dienone is 2. The molecule has 6 heteroatoms. The van der Waals surface area contributed by atoms with Crippen molar-refractivity contribution >= 4 is 5.91 Å². The number of hydrogen-bond donors (Lipinski definition) is 5. The van der Waals surface area contributed by atoms with E-state index in [1.807, 2.05) is 0 Å². The lowest BCUT2D eigenvalue weighted by Gasteiger charge is -2.27. The molecule has 0 aromatic rings. The van der Waals surface area contributed by atoms with E-state index >= 15 is 0 Å². The predicted octanol–water partition coefficient (Wildman–Crippen LogP) is 13.4. The quantitative estimate of drug-likeness (QED) is 0.0312. The van der Waals surface area contributed by atoms with E-state index in [4.69, 9.17) is 0 Å². The molecule has 0 aromatic carbocycles. The fraction of sp³-hybridized carbons (Fsp3) is 0.939. The molecule has 0 aromatic heterocycles. The number of unbranched alkanes of at least 4 members (excludes halogenated alkanes) is 34. The van der Waals surface area contributed by atoms with Gasteiger partial charge in [-0.25, -0.2) is 0 Å². The summed E-state index contributed by atoms with van der Waals surface area (Å²) in [4.78, 5) is 12.5. The minimum atomic E-state index is -1.28. The Balaban J connectivity index is 3.68. The Kier molecular flexibility index (Phi) is 43.4. The van der Waals surface area contributed by atoms with Crippen LogP contribution in [0.15, 0.2) is 12.2 Å². The van der Waals surface area contributed by atoms with Crippen LogP contribution >= 0.6 is 0 Å². The third-order valence-electron chi connectivity index (χ3n) is 11.7. The van der Waals surface area contributed by atoms with Crippen molar-refractivity contribution in [1.82, 2.24) is 5.32 Å². The van der Waals surface area contributed by atoms with Crippen LogP contribution in [0.25, 0.3) is 0 Å². The van der Waals surface area contributed by atoms with Gasteiger partial charge in [-0.1, -0.05) is 238 Å². The van der Waals surface area contributed by atoms with Gasteiger partial charge in [-0.3, -0.25) is 4.79 Å². The summed E-state index contributed by atoms with van der Waals surface area (Å²) in [6, 6.07) is -0.997. The zero-order valence-corrected chi connectivity index (χ0v) is 36.9. The van der Waals surface area contributed by atoms with Gasteiger partial charge in [-0.15, -0.1) is 0 Å². The van der Waals surface area contributed by atoms with Crippen molar-refractivity contribution in [3.05, 3.63) is 12.2 Å². The predicted molar refractivity (Wildman–Crippen MR) is 238 cm³/mol. The van der Waals surface area contributed by atoms with Crippen molar-refractivity contribution in [1.29, 1.82) is 0 Å². The Morgan fingerprint density at radius 3 is 1.09 bits per heavy atom. The maximum atomic E-state index is 12.5. The highest BCUT2D eigenvalue weighted by Crippen LogP contribution is 2.17. The average molecular weight is 780 g/mol. The Morgan fingerprint density at radius 2 is 0.745 bits per heavy atom. The Hall–Kier alpha value is -0.950. The zero-order chi connectivity index (χ0) is 40.3. The molecule has 4 atom stereocenters. The van der Waals surface area contributed by atoms with Crippen LogP contribution in [0.1, 0.15) is 264 Å². The summed E-state index contributed by atoms with van der Waals surface area (Å²) >= 11 is 0. The number of carbonyl (C=O) groups is 1. The molecule has 0 saturated carbocycles. The number of amides is 1. The number of aliphatic hydroxyl groups is 4. The van der Waals surface area contributed by atoms with Crippen molar-refractivity contribution < 1.29 is 25.2 Å². The first-order valence-corrected chi connectivity index (χ1v) is 24.6. The number of aliphatic hydroxyl groups excluding tert-OH is 4. The van der Waals surface area contributed by atoms with Gasteiger partial charge < -0.3 is 25.7 Å². The number of carbonyl (C=O) groups excluding carboxylic acids is 1. The number of rotatable bonds is 45. The van der Waals surface area contributed by atoms with Gasteiger partial charge >= 0.3 is 0 Å². The normalized spacial score (nSPS) is 14.1. The SMILES string of the molecule is CCCCCCCCCCCCCCCCCCCCC/C=C/CCCC(O)C(O)C(CO)NC(=O)C(O)CCCCCCCCCCCCCCCCC. The van der Waals surface area contributed by atoms with Gasteiger partial charge in [0.05, 0.1) is 18.8 Å². The molecule has 0 aliphatic rings. The van der Waals surface area contributed by atoms with Gasteiger partial charge in [0, 0.05) is 0 Å². The van der Waals surface area contributed by atoms with E-state index in [0.29, 0.717) is 12.8 Å². The van der Waals surface area contributed by atoms with Crippen molar-refractivity contribution in [2.45, 2.75) is 289 Å². The Bertz CT molecular complexity index is 791. The maximum Gasteiger partial charge on any atom is 0.249 e. The highest BCUT2D eigenvalue weighted by molar-refractivity contribution is 5.80. The molecule has 1 amide bonds. The first-order valence-electron chi connectivity index (χ1n) is 24.6. The summed E-state index contributed by atoms with van der Waals surface area (Å²) in [6.07, 6.45) is 49.8. The molecule has 0 rings (SSSR count). The molecule has 4 unspecified atom stereocenters. The standard InChI is InChI=1S/C49H97NO5/c1-3-5-7-9-11-13-15-17-19-20-21-22-23-24-25-26-27-29-30-32-34-36-38-40-42-46(52)48(54)45(44-51)50-49(55)47(53)43-41-39-37-35-33-31-28-18-16-14-12-10-8-6-4-2/h34,36,45-48,51-54H,3-33,35,37-44H2,1-2H3,(H,50,55)/b36-34+. The minimum absolute atomic E-state index is 0.368. The van der Waals surface area contributed by atoms with E-state index in [-0.39, 0.29) is 0 Å².